The van der Waals surface area contributed by atoms with Gasteiger partial charge >= 0.3 is 5.97 Å². The molecular weight excluding hydrogens is 287 g/mol. The lowest BCUT2D eigenvalue weighted by atomic mass is 10.2. The van der Waals surface area contributed by atoms with Crippen LogP contribution in [0.15, 0.2) is 47.9 Å². The van der Waals surface area contributed by atoms with Crippen LogP contribution < -0.4 is 0 Å². The Balaban J connectivity index is 2.04. The number of hydrogen-bond acceptors (Lipinski definition) is 4. The number of pyridine rings is 1. The normalized spacial score (nSPS) is 10.6. The van der Waals surface area contributed by atoms with Gasteiger partial charge in [-0.05, 0) is 24.3 Å². The molecule has 2 aromatic rings. The minimum Gasteiger partial charge on any atom is -0.313 e. The van der Waals surface area contributed by atoms with Crippen LogP contribution in [0, 0.1) is 0 Å². The Morgan fingerprint density at radius 1 is 1.32 bits per heavy atom. The van der Waals surface area contributed by atoms with Gasteiger partial charge in [0.25, 0.3) is 0 Å². The van der Waals surface area contributed by atoms with Crippen molar-refractivity contribution in [3.63, 3.8) is 0 Å². The maximum Gasteiger partial charge on any atom is 0.367 e. The molecule has 0 aliphatic carbocycles. The van der Waals surface area contributed by atoms with Crippen LogP contribution in [0.4, 0.5) is 0 Å². The zero-order chi connectivity index (χ0) is 13.7. The Kier molecular flexibility index (Phi) is 4.49. The van der Waals surface area contributed by atoms with Crippen LogP contribution in [0.5, 0.6) is 0 Å². The van der Waals surface area contributed by atoms with Crippen molar-refractivity contribution in [2.24, 2.45) is 5.16 Å². The van der Waals surface area contributed by atoms with Gasteiger partial charge in [0, 0.05) is 23.0 Å². The quantitative estimate of drug-likeness (QED) is 0.494. The zero-order valence-corrected chi connectivity index (χ0v) is 11.1. The smallest absolute Gasteiger partial charge is 0.313 e. The van der Waals surface area contributed by atoms with Crippen LogP contribution in [0.3, 0.4) is 0 Å². The van der Waals surface area contributed by atoms with E-state index < -0.39 is 5.97 Å². The number of aromatic nitrogens is 1. The third kappa shape index (κ3) is 3.77. The second-order valence-corrected chi connectivity index (χ2v) is 4.37. The second-order valence-electron chi connectivity index (χ2n) is 3.52. The van der Waals surface area contributed by atoms with Gasteiger partial charge in [0.2, 0.25) is 0 Å². The topological polar surface area (TPSA) is 51.5 Å². The van der Waals surface area contributed by atoms with Gasteiger partial charge in [-0.25, -0.2) is 4.79 Å². The molecule has 1 aromatic heterocycles. The monoisotopic (exact) mass is 294 g/mol. The molecule has 2 rings (SSSR count). The first-order valence-corrected chi connectivity index (χ1v) is 6.02. The fourth-order valence-corrected chi connectivity index (χ4v) is 1.78. The molecule has 1 aromatic carbocycles. The van der Waals surface area contributed by atoms with Crippen molar-refractivity contribution in [3.8, 4) is 0 Å². The first-order chi connectivity index (χ1) is 9.16. The number of halogens is 2. The third-order valence-corrected chi connectivity index (χ3v) is 2.72. The van der Waals surface area contributed by atoms with Crippen LogP contribution in [-0.4, -0.2) is 17.2 Å². The number of hydrogen-bond donors (Lipinski definition) is 0. The highest BCUT2D eigenvalue weighted by Crippen LogP contribution is 2.21. The van der Waals surface area contributed by atoms with E-state index in [-0.39, 0.29) is 10.6 Å². The number of benzene rings is 1. The van der Waals surface area contributed by atoms with Crippen LogP contribution in [0.2, 0.25) is 10.0 Å². The molecule has 6 heteroatoms. The SMILES string of the molecule is O=C(ON=Cc1cccnc1)c1ccc(Cl)cc1Cl. The Bertz CT molecular complexity index is 615. The zero-order valence-electron chi connectivity index (χ0n) is 9.59. The summed E-state index contributed by atoms with van der Waals surface area (Å²) in [7, 11) is 0. The summed E-state index contributed by atoms with van der Waals surface area (Å²) in [6.45, 7) is 0. The third-order valence-electron chi connectivity index (χ3n) is 2.17. The van der Waals surface area contributed by atoms with E-state index in [1.165, 1.54) is 18.3 Å². The number of rotatable bonds is 3. The molecule has 19 heavy (non-hydrogen) atoms. The molecule has 0 N–H and O–H groups in total. The van der Waals surface area contributed by atoms with Crippen LogP contribution >= 0.6 is 23.2 Å². The Morgan fingerprint density at radius 2 is 2.16 bits per heavy atom. The maximum absolute atomic E-state index is 11.7. The minimum absolute atomic E-state index is 0.203. The van der Waals surface area contributed by atoms with Gasteiger partial charge in [-0.15, -0.1) is 0 Å². The number of oxime groups is 1. The van der Waals surface area contributed by atoms with Gasteiger partial charge in [0.1, 0.15) is 0 Å². The molecule has 4 nitrogen and oxygen atoms in total. The van der Waals surface area contributed by atoms with Gasteiger partial charge in [-0.2, -0.15) is 0 Å². The molecule has 96 valence electrons. The lowest BCUT2D eigenvalue weighted by Crippen LogP contribution is -2.02. The molecule has 0 radical (unpaired) electrons. The summed E-state index contributed by atoms with van der Waals surface area (Å²) < 4.78 is 0. The summed E-state index contributed by atoms with van der Waals surface area (Å²) in [6, 6.07) is 8.02. The van der Waals surface area contributed by atoms with E-state index in [1.54, 1.807) is 30.6 Å². The largest absolute Gasteiger partial charge is 0.367 e. The summed E-state index contributed by atoms with van der Waals surface area (Å²) >= 11 is 11.6. The first-order valence-electron chi connectivity index (χ1n) is 5.26. The molecular formula is C13H8Cl2N2O2. The fraction of sp³-hybridized carbons (Fsp3) is 0. The molecule has 0 aliphatic rings. The predicted molar refractivity (Wildman–Crippen MR) is 73.7 cm³/mol. The Labute approximate surface area is 119 Å². The van der Waals surface area contributed by atoms with E-state index in [0.717, 1.165) is 5.56 Å². The summed E-state index contributed by atoms with van der Waals surface area (Å²) in [5.41, 5.74) is 0.923. The van der Waals surface area contributed by atoms with E-state index in [9.17, 15) is 4.79 Å². The Hall–Kier alpha value is -1.91. The molecule has 0 fully saturated rings. The van der Waals surface area contributed by atoms with Crippen LogP contribution in [-0.2, 0) is 4.84 Å². The lowest BCUT2D eigenvalue weighted by Gasteiger charge is -2.01. The maximum atomic E-state index is 11.7. The van der Waals surface area contributed by atoms with E-state index in [2.05, 4.69) is 10.1 Å². The highest BCUT2D eigenvalue weighted by atomic mass is 35.5. The van der Waals surface area contributed by atoms with E-state index in [4.69, 9.17) is 28.0 Å². The van der Waals surface area contributed by atoms with Crippen molar-refractivity contribution >= 4 is 35.4 Å². The van der Waals surface area contributed by atoms with E-state index in [1.807, 2.05) is 0 Å². The standard InChI is InChI=1S/C13H8Cl2N2O2/c14-10-3-4-11(12(15)6-10)13(18)19-17-8-9-2-1-5-16-7-9/h1-8H. The van der Waals surface area contributed by atoms with Gasteiger partial charge < -0.3 is 4.84 Å². The van der Waals surface area contributed by atoms with Crippen molar-refractivity contribution < 1.29 is 9.63 Å². The minimum atomic E-state index is -0.651. The molecule has 0 amide bonds. The van der Waals surface area contributed by atoms with Gasteiger partial charge in [-0.1, -0.05) is 34.4 Å². The lowest BCUT2D eigenvalue weighted by molar-refractivity contribution is 0.0519. The summed E-state index contributed by atoms with van der Waals surface area (Å²) in [6.07, 6.45) is 4.61. The summed E-state index contributed by atoms with van der Waals surface area (Å²) in [5, 5.41) is 4.24. The molecule has 0 spiro atoms. The van der Waals surface area contributed by atoms with Gasteiger partial charge in [0.15, 0.2) is 0 Å². The molecule has 0 saturated carbocycles. The highest BCUT2D eigenvalue weighted by Gasteiger charge is 2.11. The number of carbonyl (C=O) groups excluding carboxylic acids is 1. The average molecular weight is 295 g/mol. The van der Waals surface area contributed by atoms with Gasteiger partial charge in [0.05, 0.1) is 16.8 Å². The molecule has 0 atom stereocenters. The Morgan fingerprint density at radius 3 is 2.84 bits per heavy atom. The molecule has 0 unspecified atom stereocenters. The predicted octanol–water partition coefficient (Wildman–Crippen LogP) is 3.58. The van der Waals surface area contributed by atoms with Crippen molar-refractivity contribution in [1.29, 1.82) is 0 Å². The van der Waals surface area contributed by atoms with Crippen molar-refractivity contribution in [3.05, 3.63) is 63.9 Å². The van der Waals surface area contributed by atoms with Crippen LogP contribution in [0.1, 0.15) is 15.9 Å². The van der Waals surface area contributed by atoms with Crippen molar-refractivity contribution in [2.75, 3.05) is 0 Å². The molecule has 1 heterocycles. The van der Waals surface area contributed by atoms with Crippen LogP contribution in [0.25, 0.3) is 0 Å². The first kappa shape index (κ1) is 13.5. The summed E-state index contributed by atoms with van der Waals surface area (Å²) in [5.74, 6) is -0.651. The van der Waals surface area contributed by atoms with E-state index in [0.29, 0.717) is 5.02 Å². The highest BCUT2D eigenvalue weighted by molar-refractivity contribution is 6.36. The van der Waals surface area contributed by atoms with Crippen molar-refractivity contribution in [2.45, 2.75) is 0 Å². The van der Waals surface area contributed by atoms with Gasteiger partial charge in [-0.3, -0.25) is 4.98 Å². The summed E-state index contributed by atoms with van der Waals surface area (Å²) in [4.78, 5) is 20.3. The number of nitrogens with zero attached hydrogens (tertiary/aromatic N) is 2. The van der Waals surface area contributed by atoms with E-state index >= 15 is 0 Å². The van der Waals surface area contributed by atoms with Crippen molar-refractivity contribution in [1.82, 2.24) is 4.98 Å². The molecule has 0 bridgehead atoms. The molecule has 0 saturated heterocycles. The molecule has 0 aliphatic heterocycles. The average Bonchev–Trinajstić information content (AvgIpc) is 2.39. The fourth-order valence-electron chi connectivity index (χ4n) is 1.29. The number of carbonyl (C=O) groups is 1. The second kappa shape index (κ2) is 6.31.